The molecule has 170 valence electrons. The number of aromatic nitrogens is 4. The highest BCUT2D eigenvalue weighted by atomic mass is 32.1. The predicted molar refractivity (Wildman–Crippen MR) is 102 cm³/mol. The maximum Gasteiger partial charge on any atom is 0.435 e. The molecule has 3 heterocycles. The van der Waals surface area contributed by atoms with E-state index < -0.39 is 35.7 Å². The van der Waals surface area contributed by atoms with Crippen LogP contribution >= 0.6 is 11.3 Å². The molecule has 0 aliphatic heterocycles. The molecule has 0 aromatic carbocycles. The van der Waals surface area contributed by atoms with Crippen LogP contribution in [0.3, 0.4) is 0 Å². The van der Waals surface area contributed by atoms with Gasteiger partial charge in [-0.25, -0.2) is 4.98 Å². The SMILES string of the molecule is Cn1nc(C(F)(F)F)cc1C(=O)N[C@@H]1CCCc2sc(-c3ccnc(C(F)(F)F)c3)nc21. The minimum absolute atomic E-state index is 0.248. The molecule has 0 spiro atoms. The number of nitrogens with one attached hydrogen (secondary N) is 1. The van der Waals surface area contributed by atoms with Gasteiger partial charge in [-0.05, 0) is 31.4 Å². The first kappa shape index (κ1) is 22.2. The first-order valence-corrected chi connectivity index (χ1v) is 10.2. The Hall–Kier alpha value is -2.96. The fraction of sp³-hybridized carbons (Fsp3) is 0.368. The Balaban J connectivity index is 1.60. The summed E-state index contributed by atoms with van der Waals surface area (Å²) in [6, 6.07) is 2.42. The maximum atomic E-state index is 13.0. The van der Waals surface area contributed by atoms with Crippen molar-refractivity contribution in [2.24, 2.45) is 7.05 Å². The average molecular weight is 475 g/mol. The van der Waals surface area contributed by atoms with Gasteiger partial charge in [0.15, 0.2) is 5.69 Å². The zero-order valence-electron chi connectivity index (χ0n) is 16.4. The second-order valence-electron chi connectivity index (χ2n) is 7.21. The van der Waals surface area contributed by atoms with Crippen molar-refractivity contribution < 1.29 is 31.1 Å². The second-order valence-corrected chi connectivity index (χ2v) is 8.29. The van der Waals surface area contributed by atoms with Gasteiger partial charge in [0.2, 0.25) is 0 Å². The van der Waals surface area contributed by atoms with Crippen LogP contribution in [0, 0.1) is 0 Å². The van der Waals surface area contributed by atoms with E-state index in [1.807, 2.05) is 0 Å². The standard InChI is InChI=1S/C19H15F6N5OS/c1-30-11(8-14(29-30)19(23,24)25)16(31)27-10-3-2-4-12-15(10)28-17(32-12)9-5-6-26-13(7-9)18(20,21)22/h5-8,10H,2-4H2,1H3,(H,27,31)/t10-/m1/s1. The normalized spacial score (nSPS) is 16.7. The highest BCUT2D eigenvalue weighted by Crippen LogP contribution is 2.38. The second kappa shape index (κ2) is 7.87. The number of amides is 1. The Kier molecular flexibility index (Phi) is 5.47. The van der Waals surface area contributed by atoms with Crippen molar-refractivity contribution in [2.45, 2.75) is 37.7 Å². The third-order valence-corrected chi connectivity index (χ3v) is 6.14. The molecule has 1 N–H and O–H groups in total. The zero-order chi connectivity index (χ0) is 23.3. The number of rotatable bonds is 3. The van der Waals surface area contributed by atoms with Crippen LogP contribution in [0.15, 0.2) is 24.4 Å². The molecule has 0 unspecified atom stereocenters. The lowest BCUT2D eigenvalue weighted by Gasteiger charge is -2.22. The van der Waals surface area contributed by atoms with E-state index in [4.69, 9.17) is 0 Å². The fourth-order valence-corrected chi connectivity index (χ4v) is 4.61. The Morgan fingerprint density at radius 3 is 2.53 bits per heavy atom. The molecular formula is C19H15F6N5OS. The number of thiazole rings is 1. The summed E-state index contributed by atoms with van der Waals surface area (Å²) in [5.41, 5.74) is -1.72. The molecule has 6 nitrogen and oxygen atoms in total. The van der Waals surface area contributed by atoms with Crippen LogP contribution in [0.25, 0.3) is 10.6 Å². The van der Waals surface area contributed by atoms with Crippen LogP contribution in [-0.2, 0) is 25.8 Å². The van der Waals surface area contributed by atoms with Crippen molar-refractivity contribution in [1.29, 1.82) is 0 Å². The van der Waals surface area contributed by atoms with Crippen LogP contribution in [-0.4, -0.2) is 25.7 Å². The minimum atomic E-state index is -4.68. The van der Waals surface area contributed by atoms with Gasteiger partial charge in [-0.2, -0.15) is 31.4 Å². The molecule has 1 aliphatic rings. The molecular weight excluding hydrogens is 460 g/mol. The zero-order valence-corrected chi connectivity index (χ0v) is 17.2. The predicted octanol–water partition coefficient (Wildman–Crippen LogP) is 4.78. The van der Waals surface area contributed by atoms with Gasteiger partial charge in [0.05, 0.1) is 11.7 Å². The van der Waals surface area contributed by atoms with Crippen LogP contribution in [0.4, 0.5) is 26.3 Å². The quantitative estimate of drug-likeness (QED) is 0.554. The highest BCUT2D eigenvalue weighted by molar-refractivity contribution is 7.15. The summed E-state index contributed by atoms with van der Waals surface area (Å²) >= 11 is 1.22. The van der Waals surface area contributed by atoms with E-state index in [0.717, 1.165) is 21.8 Å². The van der Waals surface area contributed by atoms with E-state index in [2.05, 4.69) is 20.4 Å². The molecule has 3 aromatic rings. The van der Waals surface area contributed by atoms with Gasteiger partial charge in [0.1, 0.15) is 16.4 Å². The average Bonchev–Trinajstić information content (AvgIpc) is 3.32. The van der Waals surface area contributed by atoms with Crippen LogP contribution < -0.4 is 5.32 Å². The number of fused-ring (bicyclic) bond motifs is 1. The number of hydrogen-bond donors (Lipinski definition) is 1. The molecule has 1 atom stereocenters. The fourth-order valence-electron chi connectivity index (χ4n) is 3.45. The monoisotopic (exact) mass is 475 g/mol. The first-order valence-electron chi connectivity index (χ1n) is 9.39. The molecule has 1 amide bonds. The van der Waals surface area contributed by atoms with Gasteiger partial charge in [-0.3, -0.25) is 14.5 Å². The third-order valence-electron chi connectivity index (χ3n) is 4.96. The maximum absolute atomic E-state index is 13.0. The summed E-state index contributed by atoms with van der Waals surface area (Å²) in [6.45, 7) is 0. The Bertz CT molecular complexity index is 1170. The van der Waals surface area contributed by atoms with Gasteiger partial charge in [0, 0.05) is 29.8 Å². The van der Waals surface area contributed by atoms with E-state index in [1.165, 1.54) is 24.5 Å². The molecule has 0 radical (unpaired) electrons. The number of pyridine rings is 1. The van der Waals surface area contributed by atoms with Crippen molar-refractivity contribution >= 4 is 17.2 Å². The molecule has 0 fully saturated rings. The third kappa shape index (κ3) is 4.33. The van der Waals surface area contributed by atoms with Crippen molar-refractivity contribution in [3.05, 3.63) is 52.0 Å². The Morgan fingerprint density at radius 2 is 1.88 bits per heavy atom. The minimum Gasteiger partial charge on any atom is -0.342 e. The number of carbonyl (C=O) groups excluding carboxylic acids is 1. The van der Waals surface area contributed by atoms with Gasteiger partial charge < -0.3 is 5.32 Å². The first-order chi connectivity index (χ1) is 14.9. The lowest BCUT2D eigenvalue weighted by Crippen LogP contribution is -2.32. The number of nitrogens with zero attached hydrogens (tertiary/aromatic N) is 4. The van der Waals surface area contributed by atoms with E-state index in [9.17, 15) is 31.1 Å². The summed E-state index contributed by atoms with van der Waals surface area (Å²) in [5.74, 6) is -0.744. The number of alkyl halides is 6. The molecule has 4 rings (SSSR count). The van der Waals surface area contributed by atoms with E-state index >= 15 is 0 Å². The number of carbonyl (C=O) groups is 1. The summed E-state index contributed by atoms with van der Waals surface area (Å²) in [4.78, 5) is 21.2. The number of aryl methyl sites for hydroxylation is 2. The smallest absolute Gasteiger partial charge is 0.342 e. The van der Waals surface area contributed by atoms with Gasteiger partial charge in [-0.15, -0.1) is 11.3 Å². The molecule has 13 heteroatoms. The van der Waals surface area contributed by atoms with Crippen molar-refractivity contribution in [1.82, 2.24) is 25.1 Å². The summed E-state index contributed by atoms with van der Waals surface area (Å²) in [5, 5.41) is 6.36. The van der Waals surface area contributed by atoms with Crippen molar-refractivity contribution in [3.63, 3.8) is 0 Å². The lowest BCUT2D eigenvalue weighted by atomic mass is 9.97. The Labute approximate surface area is 181 Å². The summed E-state index contributed by atoms with van der Waals surface area (Å²) < 4.78 is 78.4. The van der Waals surface area contributed by atoms with Crippen LogP contribution in [0.1, 0.15) is 51.3 Å². The van der Waals surface area contributed by atoms with Crippen LogP contribution in [0.5, 0.6) is 0 Å². The molecule has 3 aromatic heterocycles. The van der Waals surface area contributed by atoms with Crippen molar-refractivity contribution in [3.8, 4) is 10.6 Å². The van der Waals surface area contributed by atoms with Gasteiger partial charge in [-0.1, -0.05) is 0 Å². The van der Waals surface area contributed by atoms with Crippen LogP contribution in [0.2, 0.25) is 0 Å². The highest BCUT2D eigenvalue weighted by Gasteiger charge is 2.36. The lowest BCUT2D eigenvalue weighted by molar-refractivity contribution is -0.142. The van der Waals surface area contributed by atoms with Gasteiger partial charge in [0.25, 0.3) is 5.91 Å². The Morgan fingerprint density at radius 1 is 1.16 bits per heavy atom. The van der Waals surface area contributed by atoms with Crippen molar-refractivity contribution in [2.75, 3.05) is 0 Å². The van der Waals surface area contributed by atoms with E-state index in [1.54, 1.807) is 0 Å². The topological polar surface area (TPSA) is 72.7 Å². The van der Waals surface area contributed by atoms with E-state index in [-0.39, 0.29) is 11.3 Å². The van der Waals surface area contributed by atoms with Gasteiger partial charge >= 0.3 is 12.4 Å². The molecule has 0 bridgehead atoms. The van der Waals surface area contributed by atoms with E-state index in [0.29, 0.717) is 36.0 Å². The largest absolute Gasteiger partial charge is 0.435 e. The number of hydrogen-bond acceptors (Lipinski definition) is 5. The summed E-state index contributed by atoms with van der Waals surface area (Å²) in [6.07, 6.45) is -6.41. The molecule has 1 aliphatic carbocycles. The molecule has 0 saturated carbocycles. The molecule has 32 heavy (non-hydrogen) atoms. The molecule has 0 saturated heterocycles. The number of halogens is 6. The summed E-state index contributed by atoms with van der Waals surface area (Å²) in [7, 11) is 1.24.